The summed E-state index contributed by atoms with van der Waals surface area (Å²) in [4.78, 5) is 4.28. The van der Waals surface area contributed by atoms with Gasteiger partial charge in [-0.05, 0) is 42.8 Å². The molecule has 3 aromatic rings. The molecule has 0 saturated heterocycles. The van der Waals surface area contributed by atoms with E-state index in [1.165, 1.54) is 0 Å². The van der Waals surface area contributed by atoms with Gasteiger partial charge in [-0.2, -0.15) is 5.26 Å². The molecule has 0 spiro atoms. The maximum atomic E-state index is 9.00. The number of aryl methyl sites for hydroxylation is 1. The van der Waals surface area contributed by atoms with Gasteiger partial charge >= 0.3 is 0 Å². The number of pyridine rings is 1. The predicted octanol–water partition coefficient (Wildman–Crippen LogP) is 3.79. The Morgan fingerprint density at radius 3 is 2.81 bits per heavy atom. The normalized spacial score (nSPS) is 10.3. The van der Waals surface area contributed by atoms with Crippen LogP contribution in [0.25, 0.3) is 10.9 Å². The fraction of sp³-hybridized carbons (Fsp3) is 0.0588. The maximum Gasteiger partial charge on any atom is 0.138 e. The number of anilines is 1. The molecular weight excluding hydrogens is 262 g/mol. The third kappa shape index (κ3) is 2.37. The zero-order valence-electron chi connectivity index (χ0n) is 11.5. The van der Waals surface area contributed by atoms with Crippen LogP contribution in [0.5, 0.6) is 11.5 Å². The number of benzene rings is 2. The van der Waals surface area contributed by atoms with E-state index < -0.39 is 0 Å². The van der Waals surface area contributed by atoms with Crippen molar-refractivity contribution < 1.29 is 4.74 Å². The number of rotatable bonds is 2. The lowest BCUT2D eigenvalue weighted by Crippen LogP contribution is -1.93. The Labute approximate surface area is 122 Å². The first-order chi connectivity index (χ1) is 10.2. The lowest BCUT2D eigenvalue weighted by atomic mass is 10.1. The van der Waals surface area contributed by atoms with Crippen LogP contribution in [0.4, 0.5) is 5.69 Å². The molecule has 2 aromatic carbocycles. The molecule has 2 N–H and O–H groups in total. The molecule has 0 aliphatic carbocycles. The van der Waals surface area contributed by atoms with E-state index in [2.05, 4.69) is 11.1 Å². The molecule has 3 rings (SSSR count). The Morgan fingerprint density at radius 1 is 1.14 bits per heavy atom. The molecule has 0 bridgehead atoms. The SMILES string of the molecule is Cc1ccc(C#N)cc1Oc1ccnc2c(N)cccc12. The van der Waals surface area contributed by atoms with Crippen LogP contribution in [0.15, 0.2) is 48.7 Å². The molecule has 0 unspecified atom stereocenters. The van der Waals surface area contributed by atoms with Gasteiger partial charge < -0.3 is 10.5 Å². The topological polar surface area (TPSA) is 71.9 Å². The summed E-state index contributed by atoms with van der Waals surface area (Å²) in [5.74, 6) is 1.33. The number of hydrogen-bond donors (Lipinski definition) is 1. The second kappa shape index (κ2) is 5.14. The molecule has 0 fully saturated rings. The first kappa shape index (κ1) is 12.9. The van der Waals surface area contributed by atoms with Gasteiger partial charge in [-0.3, -0.25) is 4.98 Å². The van der Waals surface area contributed by atoms with Gasteiger partial charge in [0.05, 0.1) is 22.8 Å². The smallest absolute Gasteiger partial charge is 0.138 e. The molecule has 4 nitrogen and oxygen atoms in total. The number of hydrogen-bond acceptors (Lipinski definition) is 4. The van der Waals surface area contributed by atoms with E-state index in [-0.39, 0.29) is 0 Å². The van der Waals surface area contributed by atoms with Gasteiger partial charge in [-0.25, -0.2) is 0 Å². The minimum atomic E-state index is 0.563. The quantitative estimate of drug-likeness (QED) is 0.722. The van der Waals surface area contributed by atoms with Crippen LogP contribution in [-0.4, -0.2) is 4.98 Å². The van der Waals surface area contributed by atoms with Gasteiger partial charge in [-0.1, -0.05) is 12.1 Å². The van der Waals surface area contributed by atoms with Crippen molar-refractivity contribution in [2.24, 2.45) is 0 Å². The van der Waals surface area contributed by atoms with Crippen LogP contribution in [0.3, 0.4) is 0 Å². The lowest BCUT2D eigenvalue weighted by Gasteiger charge is -2.11. The Bertz CT molecular complexity index is 866. The Kier molecular flexibility index (Phi) is 3.17. The summed E-state index contributed by atoms with van der Waals surface area (Å²) in [6.45, 7) is 1.94. The summed E-state index contributed by atoms with van der Waals surface area (Å²) in [5, 5.41) is 9.84. The zero-order valence-corrected chi connectivity index (χ0v) is 11.5. The highest BCUT2D eigenvalue weighted by atomic mass is 16.5. The van der Waals surface area contributed by atoms with Crippen LogP contribution < -0.4 is 10.5 Å². The van der Waals surface area contributed by atoms with Gasteiger partial charge in [-0.15, -0.1) is 0 Å². The Hall–Kier alpha value is -3.06. The largest absolute Gasteiger partial charge is 0.456 e. The highest BCUT2D eigenvalue weighted by Gasteiger charge is 2.08. The van der Waals surface area contributed by atoms with Crippen molar-refractivity contribution in [3.8, 4) is 17.6 Å². The minimum Gasteiger partial charge on any atom is -0.456 e. The van der Waals surface area contributed by atoms with E-state index in [4.69, 9.17) is 15.7 Å². The third-order valence-corrected chi connectivity index (χ3v) is 3.30. The molecule has 4 heteroatoms. The van der Waals surface area contributed by atoms with Crippen LogP contribution in [-0.2, 0) is 0 Å². The summed E-state index contributed by atoms with van der Waals surface area (Å²) in [6.07, 6.45) is 1.66. The molecule has 0 radical (unpaired) electrons. The molecule has 1 heterocycles. The Morgan fingerprint density at radius 2 is 2.00 bits per heavy atom. The number of aromatic nitrogens is 1. The number of fused-ring (bicyclic) bond motifs is 1. The van der Waals surface area contributed by atoms with E-state index in [9.17, 15) is 0 Å². The first-order valence-corrected chi connectivity index (χ1v) is 6.51. The summed E-state index contributed by atoms with van der Waals surface area (Å²) in [7, 11) is 0. The van der Waals surface area contributed by atoms with Crippen molar-refractivity contribution in [1.82, 2.24) is 4.98 Å². The number of nitriles is 1. The lowest BCUT2D eigenvalue weighted by molar-refractivity contribution is 0.484. The van der Waals surface area contributed by atoms with E-state index in [1.54, 1.807) is 30.5 Å². The second-order valence-corrected chi connectivity index (χ2v) is 4.75. The van der Waals surface area contributed by atoms with E-state index in [0.29, 0.717) is 28.3 Å². The Balaban J connectivity index is 2.11. The molecule has 1 aromatic heterocycles. The predicted molar refractivity (Wildman–Crippen MR) is 82.1 cm³/mol. The summed E-state index contributed by atoms with van der Waals surface area (Å²) in [5.41, 5.74) is 8.78. The molecular formula is C17H13N3O. The van der Waals surface area contributed by atoms with Gasteiger partial charge in [0.25, 0.3) is 0 Å². The summed E-state index contributed by atoms with van der Waals surface area (Å²) < 4.78 is 5.97. The van der Waals surface area contributed by atoms with Crippen LogP contribution in [0.2, 0.25) is 0 Å². The van der Waals surface area contributed by atoms with Gasteiger partial charge in [0.1, 0.15) is 11.5 Å². The van der Waals surface area contributed by atoms with Crippen molar-refractivity contribution in [1.29, 1.82) is 5.26 Å². The van der Waals surface area contributed by atoms with E-state index >= 15 is 0 Å². The van der Waals surface area contributed by atoms with Gasteiger partial charge in [0.15, 0.2) is 0 Å². The molecule has 0 atom stereocenters. The molecule has 0 aliphatic heterocycles. The van der Waals surface area contributed by atoms with Gasteiger partial charge in [0.2, 0.25) is 0 Å². The van der Waals surface area contributed by atoms with Crippen LogP contribution >= 0.6 is 0 Å². The van der Waals surface area contributed by atoms with Crippen molar-refractivity contribution in [2.75, 3.05) is 5.73 Å². The molecule has 0 saturated carbocycles. The number of nitrogens with two attached hydrogens (primary N) is 1. The number of nitrogen functional groups attached to an aromatic ring is 1. The molecule has 0 amide bonds. The fourth-order valence-electron chi connectivity index (χ4n) is 2.16. The minimum absolute atomic E-state index is 0.563. The maximum absolute atomic E-state index is 9.00. The van der Waals surface area contributed by atoms with Crippen molar-refractivity contribution in [3.63, 3.8) is 0 Å². The monoisotopic (exact) mass is 275 g/mol. The first-order valence-electron chi connectivity index (χ1n) is 6.51. The molecule has 102 valence electrons. The number of para-hydroxylation sites is 1. The van der Waals surface area contributed by atoms with E-state index in [0.717, 1.165) is 10.9 Å². The van der Waals surface area contributed by atoms with Crippen molar-refractivity contribution in [3.05, 3.63) is 59.8 Å². The number of nitrogens with zero attached hydrogens (tertiary/aromatic N) is 2. The molecule has 0 aliphatic rings. The highest BCUT2D eigenvalue weighted by molar-refractivity contribution is 5.93. The van der Waals surface area contributed by atoms with Gasteiger partial charge in [0, 0.05) is 11.6 Å². The standard InChI is InChI=1S/C17H13N3O/c1-11-5-6-12(10-18)9-16(11)21-15-7-8-20-17-13(15)3-2-4-14(17)19/h2-9H,19H2,1H3. The van der Waals surface area contributed by atoms with Crippen LogP contribution in [0, 0.1) is 18.3 Å². The highest BCUT2D eigenvalue weighted by Crippen LogP contribution is 2.32. The van der Waals surface area contributed by atoms with Crippen LogP contribution in [0.1, 0.15) is 11.1 Å². The average molecular weight is 275 g/mol. The average Bonchev–Trinajstić information content (AvgIpc) is 2.50. The third-order valence-electron chi connectivity index (χ3n) is 3.30. The fourth-order valence-corrected chi connectivity index (χ4v) is 2.16. The summed E-state index contributed by atoms with van der Waals surface area (Å²) in [6, 6.07) is 14.9. The van der Waals surface area contributed by atoms with Crippen molar-refractivity contribution >= 4 is 16.6 Å². The second-order valence-electron chi connectivity index (χ2n) is 4.75. The summed E-state index contributed by atoms with van der Waals surface area (Å²) >= 11 is 0. The zero-order chi connectivity index (χ0) is 14.8. The van der Waals surface area contributed by atoms with E-state index in [1.807, 2.05) is 25.1 Å². The molecule has 21 heavy (non-hydrogen) atoms. The van der Waals surface area contributed by atoms with Crippen molar-refractivity contribution in [2.45, 2.75) is 6.92 Å². The number of ether oxygens (including phenoxy) is 1.